The standard InChI is InChI=1S/C7H7.4ClH.W/c1-7-5-3-2-4-6-7;;;;;/h2-6H,1H2;4*1H;/q;;;;;+4/p-4. The third kappa shape index (κ3) is 4.94. The van der Waals surface area contributed by atoms with E-state index in [1.54, 1.807) is 0 Å². The molecule has 12 heavy (non-hydrogen) atoms. The van der Waals surface area contributed by atoms with Crippen molar-refractivity contribution in [3.63, 3.8) is 0 Å². The molecule has 0 unspecified atom stereocenters. The average Bonchev–Trinajstić information content (AvgIpc) is 1.83. The van der Waals surface area contributed by atoms with E-state index in [4.69, 9.17) is 37.7 Å². The van der Waals surface area contributed by atoms with E-state index in [1.165, 1.54) is 0 Å². The van der Waals surface area contributed by atoms with Gasteiger partial charge in [0.05, 0.1) is 0 Å². The van der Waals surface area contributed by atoms with Crippen molar-refractivity contribution < 1.29 is 10.6 Å². The zero-order valence-electron chi connectivity index (χ0n) is 6.01. The van der Waals surface area contributed by atoms with Crippen molar-refractivity contribution in [3.05, 3.63) is 35.9 Å². The van der Waals surface area contributed by atoms with Crippen LogP contribution >= 0.6 is 37.7 Å². The molecule has 0 aliphatic heterocycles. The van der Waals surface area contributed by atoms with Crippen molar-refractivity contribution in [3.8, 4) is 0 Å². The predicted octanol–water partition coefficient (Wildman–Crippen LogP) is 4.49. The van der Waals surface area contributed by atoms with Gasteiger partial charge in [0, 0.05) is 0 Å². The van der Waals surface area contributed by atoms with E-state index in [0.29, 0.717) is 4.81 Å². The Balaban J connectivity index is 2.79. The van der Waals surface area contributed by atoms with E-state index < -0.39 is 10.6 Å². The zero-order chi connectivity index (χ0) is 9.27. The first-order valence-electron chi connectivity index (χ1n) is 3.17. The van der Waals surface area contributed by atoms with E-state index in [2.05, 4.69) is 0 Å². The number of benzene rings is 1. The average molecular weight is 417 g/mol. The van der Waals surface area contributed by atoms with Crippen molar-refractivity contribution in [2.24, 2.45) is 0 Å². The molecule has 0 aliphatic carbocycles. The first kappa shape index (κ1) is 11.1. The third-order valence-electron chi connectivity index (χ3n) is 1.23. The Bertz CT molecular complexity index is 254. The summed E-state index contributed by atoms with van der Waals surface area (Å²) in [7, 11) is 19.0. The van der Waals surface area contributed by atoms with Crippen molar-refractivity contribution in [2.75, 3.05) is 0 Å². The van der Waals surface area contributed by atoms with Gasteiger partial charge in [-0.2, -0.15) is 0 Å². The summed E-state index contributed by atoms with van der Waals surface area (Å²) in [5, 5.41) is 0. The second-order valence-electron chi connectivity index (χ2n) is 2.42. The molecule has 1 aromatic rings. The van der Waals surface area contributed by atoms with Crippen LogP contribution in [0.15, 0.2) is 30.3 Å². The van der Waals surface area contributed by atoms with Gasteiger partial charge in [-0.1, -0.05) is 0 Å². The molecule has 1 aromatic carbocycles. The molecule has 0 bridgehead atoms. The molecule has 0 atom stereocenters. The quantitative estimate of drug-likeness (QED) is 0.666. The van der Waals surface area contributed by atoms with Crippen LogP contribution in [-0.4, -0.2) is 0 Å². The maximum absolute atomic E-state index is 5.83. The fourth-order valence-corrected chi connectivity index (χ4v) is 7.45. The molecule has 0 amide bonds. The van der Waals surface area contributed by atoms with Crippen molar-refractivity contribution in [1.29, 1.82) is 0 Å². The fraction of sp³-hybridized carbons (Fsp3) is 0.143. The van der Waals surface area contributed by atoms with Crippen LogP contribution in [-0.2, 0) is 15.5 Å². The molecular weight excluding hydrogens is 410 g/mol. The van der Waals surface area contributed by atoms with Gasteiger partial charge in [-0.3, -0.25) is 0 Å². The van der Waals surface area contributed by atoms with Gasteiger partial charge in [0.2, 0.25) is 0 Å². The molecule has 5 heteroatoms. The van der Waals surface area contributed by atoms with Gasteiger partial charge in [0.25, 0.3) is 0 Å². The molecule has 0 saturated heterocycles. The summed E-state index contributed by atoms with van der Waals surface area (Å²) in [5.74, 6) is 0. The number of hydrogen-bond acceptors (Lipinski definition) is 0. The maximum atomic E-state index is 5.83. The fourth-order valence-electron chi connectivity index (χ4n) is 0.826. The molecule has 0 radical (unpaired) electrons. The topological polar surface area (TPSA) is 0 Å². The van der Waals surface area contributed by atoms with E-state index in [1.807, 2.05) is 30.3 Å². The van der Waals surface area contributed by atoms with Gasteiger partial charge in [0.1, 0.15) is 0 Å². The summed E-state index contributed by atoms with van der Waals surface area (Å²) in [6.07, 6.45) is 0. The molecule has 0 saturated carbocycles. The Morgan fingerprint density at radius 3 is 1.83 bits per heavy atom. The van der Waals surface area contributed by atoms with Crippen molar-refractivity contribution in [2.45, 2.75) is 4.81 Å². The van der Waals surface area contributed by atoms with Gasteiger partial charge in [-0.05, 0) is 0 Å². The van der Waals surface area contributed by atoms with Crippen molar-refractivity contribution >= 4 is 37.7 Å². The minimum atomic E-state index is -4.27. The van der Waals surface area contributed by atoms with Crippen LogP contribution in [0.5, 0.6) is 0 Å². The summed E-state index contributed by atoms with van der Waals surface area (Å²) in [4.78, 5) is 0.396. The normalized spacial score (nSPS) is 15.2. The SMILES string of the molecule is [Cl][W]([Cl])([Cl])([Cl])[CH2]c1ccccc1. The van der Waals surface area contributed by atoms with Gasteiger partial charge in [0.15, 0.2) is 0 Å². The van der Waals surface area contributed by atoms with E-state index in [-0.39, 0.29) is 0 Å². The molecule has 0 fully saturated rings. The predicted molar refractivity (Wildman–Crippen MR) is 53.6 cm³/mol. The molecule has 0 nitrogen and oxygen atoms in total. The number of hydrogen-bond donors (Lipinski definition) is 0. The Labute approximate surface area is 88.3 Å². The Hall–Kier alpha value is 1.07. The molecule has 0 N–H and O–H groups in total. The van der Waals surface area contributed by atoms with Gasteiger partial charge >= 0.3 is 89.0 Å². The van der Waals surface area contributed by atoms with Crippen LogP contribution in [0.25, 0.3) is 0 Å². The Kier molecular flexibility index (Phi) is 3.41. The van der Waals surface area contributed by atoms with E-state index >= 15 is 0 Å². The van der Waals surface area contributed by atoms with E-state index in [0.717, 1.165) is 5.56 Å². The van der Waals surface area contributed by atoms with Crippen LogP contribution in [0.2, 0.25) is 0 Å². The molecule has 0 aliphatic rings. The van der Waals surface area contributed by atoms with Crippen molar-refractivity contribution in [1.82, 2.24) is 0 Å². The summed E-state index contributed by atoms with van der Waals surface area (Å²) in [6.45, 7) is 0. The minimum absolute atomic E-state index is 0.396. The summed E-state index contributed by atoms with van der Waals surface area (Å²) < 4.78 is 0. The molecular formula is C7H7Cl4W. The van der Waals surface area contributed by atoms with Crippen LogP contribution in [0.4, 0.5) is 0 Å². The molecule has 0 heterocycles. The molecule has 69 valence electrons. The third-order valence-corrected chi connectivity index (χ3v) is 7.57. The monoisotopic (exact) mass is 415 g/mol. The zero-order valence-corrected chi connectivity index (χ0v) is 12.0. The number of halogens is 4. The van der Waals surface area contributed by atoms with Crippen LogP contribution < -0.4 is 0 Å². The molecule has 0 aromatic heterocycles. The summed E-state index contributed by atoms with van der Waals surface area (Å²) in [6, 6.07) is 9.53. The summed E-state index contributed by atoms with van der Waals surface area (Å²) in [5.41, 5.74) is 0.984. The second kappa shape index (κ2) is 3.67. The van der Waals surface area contributed by atoms with E-state index in [9.17, 15) is 0 Å². The first-order valence-corrected chi connectivity index (χ1v) is 19.8. The molecule has 0 spiro atoms. The first-order chi connectivity index (χ1) is 5.33. The second-order valence-corrected chi connectivity index (χ2v) is 39.2. The Morgan fingerprint density at radius 2 is 1.42 bits per heavy atom. The van der Waals surface area contributed by atoms with Crippen LogP contribution in [0.1, 0.15) is 5.56 Å². The van der Waals surface area contributed by atoms with Crippen LogP contribution in [0, 0.1) is 0 Å². The van der Waals surface area contributed by atoms with Gasteiger partial charge < -0.3 is 0 Å². The van der Waals surface area contributed by atoms with Crippen LogP contribution in [0.3, 0.4) is 0 Å². The summed E-state index contributed by atoms with van der Waals surface area (Å²) >= 11 is 0. The molecule has 1 rings (SSSR count). The van der Waals surface area contributed by atoms with Gasteiger partial charge in [-0.25, -0.2) is 0 Å². The van der Waals surface area contributed by atoms with Gasteiger partial charge in [-0.15, -0.1) is 0 Å². The Morgan fingerprint density at radius 1 is 0.917 bits per heavy atom. The number of rotatable bonds is 2.